The molecular weight excluding hydrogens is 298 g/mol. The van der Waals surface area contributed by atoms with Gasteiger partial charge in [0.15, 0.2) is 11.6 Å². The van der Waals surface area contributed by atoms with Crippen LogP contribution in [0.3, 0.4) is 0 Å². The van der Waals surface area contributed by atoms with Gasteiger partial charge >= 0.3 is 0 Å². The average Bonchev–Trinajstić information content (AvgIpc) is 2.43. The van der Waals surface area contributed by atoms with Crippen molar-refractivity contribution in [2.45, 2.75) is 11.4 Å². The van der Waals surface area contributed by atoms with Crippen LogP contribution in [0.4, 0.5) is 14.5 Å². The van der Waals surface area contributed by atoms with Crippen LogP contribution < -0.4 is 10.0 Å². The van der Waals surface area contributed by atoms with E-state index in [2.05, 4.69) is 10.0 Å². The number of anilines is 1. The number of hydrogen-bond donors (Lipinski definition) is 2. The van der Waals surface area contributed by atoms with E-state index >= 15 is 0 Å². The van der Waals surface area contributed by atoms with Gasteiger partial charge < -0.3 is 5.32 Å². The van der Waals surface area contributed by atoms with Gasteiger partial charge in [0.2, 0.25) is 0 Å². The summed E-state index contributed by atoms with van der Waals surface area (Å²) in [5.74, 6) is -2.15. The Hall–Kier alpha value is -1.99. The van der Waals surface area contributed by atoms with Crippen molar-refractivity contribution in [1.29, 1.82) is 0 Å². The first-order chi connectivity index (χ1) is 9.94. The van der Waals surface area contributed by atoms with Gasteiger partial charge in [-0.2, -0.15) is 0 Å². The Morgan fingerprint density at radius 1 is 1.05 bits per heavy atom. The van der Waals surface area contributed by atoms with Gasteiger partial charge in [-0.15, -0.1) is 0 Å². The summed E-state index contributed by atoms with van der Waals surface area (Å²) >= 11 is 0. The molecule has 21 heavy (non-hydrogen) atoms. The molecule has 2 rings (SSSR count). The highest BCUT2D eigenvalue weighted by atomic mass is 32.2. The molecular formula is C14H14F2N2O2S. The minimum absolute atomic E-state index is 0.0341. The minimum Gasteiger partial charge on any atom is -0.316 e. The SMILES string of the molecule is CNCc1ccccc1S(=O)(=O)Nc1ccc(F)c(F)c1. The van der Waals surface area contributed by atoms with Gasteiger partial charge in [0.25, 0.3) is 10.0 Å². The lowest BCUT2D eigenvalue weighted by Crippen LogP contribution is -2.17. The Bertz CT molecular complexity index is 748. The highest BCUT2D eigenvalue weighted by Crippen LogP contribution is 2.21. The number of nitrogens with one attached hydrogen (secondary N) is 2. The molecule has 0 aliphatic heterocycles. The van der Waals surface area contributed by atoms with Crippen LogP contribution in [0.25, 0.3) is 0 Å². The minimum atomic E-state index is -3.87. The molecule has 0 unspecified atom stereocenters. The fraction of sp³-hybridized carbons (Fsp3) is 0.143. The smallest absolute Gasteiger partial charge is 0.262 e. The van der Waals surface area contributed by atoms with Crippen LogP contribution >= 0.6 is 0 Å². The topological polar surface area (TPSA) is 58.2 Å². The van der Waals surface area contributed by atoms with E-state index in [1.807, 2.05) is 0 Å². The highest BCUT2D eigenvalue weighted by Gasteiger charge is 2.18. The van der Waals surface area contributed by atoms with E-state index < -0.39 is 21.7 Å². The summed E-state index contributed by atoms with van der Waals surface area (Å²) in [6.07, 6.45) is 0. The maximum Gasteiger partial charge on any atom is 0.262 e. The second-order valence-electron chi connectivity index (χ2n) is 4.37. The molecule has 0 heterocycles. The second-order valence-corrected chi connectivity index (χ2v) is 6.02. The summed E-state index contributed by atoms with van der Waals surface area (Å²) in [6.45, 7) is 0.370. The number of rotatable bonds is 5. The van der Waals surface area contributed by atoms with E-state index in [4.69, 9.17) is 0 Å². The van der Waals surface area contributed by atoms with Crippen LogP contribution in [-0.2, 0) is 16.6 Å². The van der Waals surface area contributed by atoms with Crippen molar-refractivity contribution in [1.82, 2.24) is 5.32 Å². The first-order valence-corrected chi connectivity index (χ1v) is 7.63. The molecule has 0 aliphatic rings. The first-order valence-electron chi connectivity index (χ1n) is 6.14. The molecule has 0 saturated heterocycles. The molecule has 0 amide bonds. The van der Waals surface area contributed by atoms with Crippen molar-refractivity contribution >= 4 is 15.7 Å². The second kappa shape index (κ2) is 6.19. The van der Waals surface area contributed by atoms with Crippen molar-refractivity contribution < 1.29 is 17.2 Å². The first kappa shape index (κ1) is 15.4. The molecule has 0 saturated carbocycles. The molecule has 7 heteroatoms. The van der Waals surface area contributed by atoms with Crippen molar-refractivity contribution in [3.8, 4) is 0 Å². The van der Waals surface area contributed by atoms with Crippen LogP contribution in [-0.4, -0.2) is 15.5 Å². The zero-order valence-corrected chi connectivity index (χ0v) is 12.0. The third-order valence-corrected chi connectivity index (χ3v) is 4.28. The lowest BCUT2D eigenvalue weighted by molar-refractivity contribution is 0.509. The Labute approximate surface area is 121 Å². The molecule has 112 valence electrons. The van der Waals surface area contributed by atoms with E-state index in [-0.39, 0.29) is 10.6 Å². The van der Waals surface area contributed by atoms with Gasteiger partial charge in [-0.1, -0.05) is 18.2 Å². The number of sulfonamides is 1. The molecule has 0 radical (unpaired) electrons. The van der Waals surface area contributed by atoms with Crippen molar-refractivity contribution in [2.75, 3.05) is 11.8 Å². The van der Waals surface area contributed by atoms with Gasteiger partial charge in [-0.3, -0.25) is 4.72 Å². The Morgan fingerprint density at radius 3 is 2.43 bits per heavy atom. The summed E-state index contributed by atoms with van der Waals surface area (Å²) in [5, 5.41) is 2.88. The lowest BCUT2D eigenvalue weighted by Gasteiger charge is -2.12. The maximum atomic E-state index is 13.1. The fourth-order valence-electron chi connectivity index (χ4n) is 1.87. The molecule has 0 atom stereocenters. The van der Waals surface area contributed by atoms with E-state index in [1.54, 1.807) is 25.2 Å². The van der Waals surface area contributed by atoms with E-state index in [0.717, 1.165) is 18.2 Å². The summed E-state index contributed by atoms with van der Waals surface area (Å²) < 4.78 is 52.9. The van der Waals surface area contributed by atoms with Crippen molar-refractivity contribution in [2.24, 2.45) is 0 Å². The Kier molecular flexibility index (Phi) is 4.54. The van der Waals surface area contributed by atoms with Crippen LogP contribution in [0.15, 0.2) is 47.4 Å². The quantitative estimate of drug-likeness (QED) is 0.892. The van der Waals surface area contributed by atoms with Crippen molar-refractivity contribution in [3.05, 3.63) is 59.7 Å². The lowest BCUT2D eigenvalue weighted by atomic mass is 10.2. The van der Waals surface area contributed by atoms with Gasteiger partial charge in [0.1, 0.15) is 0 Å². The normalized spacial score (nSPS) is 11.4. The summed E-state index contributed by atoms with van der Waals surface area (Å²) in [6, 6.07) is 9.28. The third-order valence-electron chi connectivity index (χ3n) is 2.80. The Balaban J connectivity index is 2.36. The van der Waals surface area contributed by atoms with Gasteiger partial charge in [-0.05, 0) is 30.8 Å². The van der Waals surface area contributed by atoms with Crippen LogP contribution in [0.5, 0.6) is 0 Å². The molecule has 0 spiro atoms. The molecule has 4 nitrogen and oxygen atoms in total. The largest absolute Gasteiger partial charge is 0.316 e. The standard InChI is InChI=1S/C14H14F2N2O2S/c1-17-9-10-4-2-3-5-14(10)21(19,20)18-11-6-7-12(15)13(16)8-11/h2-8,17-18H,9H2,1H3. The predicted molar refractivity (Wildman–Crippen MR) is 76.4 cm³/mol. The van der Waals surface area contributed by atoms with Crippen LogP contribution in [0.2, 0.25) is 0 Å². The zero-order valence-electron chi connectivity index (χ0n) is 11.2. The predicted octanol–water partition coefficient (Wildman–Crippen LogP) is 2.49. The van der Waals surface area contributed by atoms with Gasteiger partial charge in [0, 0.05) is 12.6 Å². The molecule has 0 bridgehead atoms. The van der Waals surface area contributed by atoms with Crippen LogP contribution in [0, 0.1) is 11.6 Å². The molecule has 2 aromatic rings. The number of benzene rings is 2. The number of hydrogen-bond acceptors (Lipinski definition) is 3. The molecule has 0 aromatic heterocycles. The monoisotopic (exact) mass is 312 g/mol. The van der Waals surface area contributed by atoms with E-state index in [0.29, 0.717) is 12.1 Å². The van der Waals surface area contributed by atoms with Crippen molar-refractivity contribution in [3.63, 3.8) is 0 Å². The van der Waals surface area contributed by atoms with E-state index in [1.165, 1.54) is 6.07 Å². The fourth-order valence-corrected chi connectivity index (χ4v) is 3.16. The maximum absolute atomic E-state index is 13.1. The third kappa shape index (κ3) is 3.56. The molecule has 0 fully saturated rings. The van der Waals surface area contributed by atoms with E-state index in [9.17, 15) is 17.2 Å². The molecule has 2 N–H and O–H groups in total. The van der Waals surface area contributed by atoms with Crippen LogP contribution in [0.1, 0.15) is 5.56 Å². The summed E-state index contributed by atoms with van der Waals surface area (Å²) in [7, 11) is -2.17. The molecule has 0 aliphatic carbocycles. The van der Waals surface area contributed by atoms with Gasteiger partial charge in [0.05, 0.1) is 10.6 Å². The average molecular weight is 312 g/mol. The van der Waals surface area contributed by atoms with Gasteiger partial charge in [-0.25, -0.2) is 17.2 Å². The number of halogens is 2. The highest BCUT2D eigenvalue weighted by molar-refractivity contribution is 7.92. The summed E-state index contributed by atoms with van der Waals surface area (Å²) in [5.41, 5.74) is 0.545. The zero-order chi connectivity index (χ0) is 15.5. The Morgan fingerprint density at radius 2 is 1.76 bits per heavy atom. The molecule has 2 aromatic carbocycles. The summed E-state index contributed by atoms with van der Waals surface area (Å²) in [4.78, 5) is 0.0871.